The van der Waals surface area contributed by atoms with Crippen molar-refractivity contribution in [2.75, 3.05) is 32.7 Å². The molecule has 0 aromatic rings. The Morgan fingerprint density at radius 1 is 0.778 bits per heavy atom. The van der Waals surface area contributed by atoms with Gasteiger partial charge in [-0.05, 0) is 33.6 Å². The van der Waals surface area contributed by atoms with Gasteiger partial charge in [0.25, 0.3) is 0 Å². The first kappa shape index (κ1) is 28.9. The number of quaternary nitrogens is 1. The monoisotopic (exact) mass is 446 g/mol. The molecule has 162 valence electrons. The van der Waals surface area contributed by atoms with Crippen molar-refractivity contribution in [2.24, 2.45) is 0 Å². The maximum absolute atomic E-state index is 11.6. The second kappa shape index (κ2) is 19.0. The Hall–Kier alpha value is -0.350. The first-order valence-corrected chi connectivity index (χ1v) is 11.3. The largest absolute Gasteiger partial charge is 1.00 e. The van der Waals surface area contributed by atoms with E-state index in [1.165, 1.54) is 94.9 Å². The Labute approximate surface area is 180 Å². The number of unbranched alkanes of at least 4 members (excludes halogenated alkanes) is 9. The molecule has 1 N–H and O–H groups in total. The van der Waals surface area contributed by atoms with E-state index in [0.717, 1.165) is 13.0 Å². The van der Waals surface area contributed by atoms with E-state index in [0.29, 0.717) is 5.57 Å². The summed E-state index contributed by atoms with van der Waals surface area (Å²) in [6, 6.07) is 0. The number of nitrogens with one attached hydrogen (secondary N) is 1. The van der Waals surface area contributed by atoms with Gasteiger partial charge in [-0.2, -0.15) is 0 Å². The van der Waals surface area contributed by atoms with Crippen LogP contribution in [-0.2, 0) is 4.79 Å². The van der Waals surface area contributed by atoms with Crippen LogP contribution in [0.15, 0.2) is 12.2 Å². The first-order chi connectivity index (χ1) is 12.5. The normalized spacial score (nSPS) is 11.1. The van der Waals surface area contributed by atoms with Crippen LogP contribution in [0.25, 0.3) is 0 Å². The van der Waals surface area contributed by atoms with Crippen molar-refractivity contribution in [3.05, 3.63) is 12.2 Å². The molecule has 27 heavy (non-hydrogen) atoms. The third-order valence-corrected chi connectivity index (χ3v) is 5.81. The van der Waals surface area contributed by atoms with E-state index in [4.69, 9.17) is 0 Å². The second-order valence-electron chi connectivity index (χ2n) is 7.99. The van der Waals surface area contributed by atoms with Gasteiger partial charge in [0.15, 0.2) is 0 Å². The van der Waals surface area contributed by atoms with Crippen LogP contribution < -0.4 is 22.3 Å². The summed E-state index contributed by atoms with van der Waals surface area (Å²) in [4.78, 5) is 11.6. The summed E-state index contributed by atoms with van der Waals surface area (Å²) in [6.07, 6.45) is 15.0. The lowest BCUT2D eigenvalue weighted by Crippen LogP contribution is -3.00. The van der Waals surface area contributed by atoms with Gasteiger partial charge in [-0.1, -0.05) is 64.9 Å². The van der Waals surface area contributed by atoms with Crippen molar-refractivity contribution in [3.8, 4) is 0 Å². The lowest BCUT2D eigenvalue weighted by Gasteiger charge is -2.37. The minimum absolute atomic E-state index is 0. The molecule has 0 aromatic heterocycles. The van der Waals surface area contributed by atoms with Crippen LogP contribution in [0.4, 0.5) is 0 Å². The van der Waals surface area contributed by atoms with Gasteiger partial charge in [0.1, 0.15) is 0 Å². The molecular formula is C23H47BrN2O. The third-order valence-electron chi connectivity index (χ3n) is 5.81. The SMILES string of the molecule is C=C(C)C(=O)NCCC[N+](CC)(CC)CCCCCCCCCCCC.[Br-]. The predicted molar refractivity (Wildman–Crippen MR) is 115 cm³/mol. The van der Waals surface area contributed by atoms with Gasteiger partial charge in [-0.3, -0.25) is 4.79 Å². The molecule has 0 rings (SSSR count). The van der Waals surface area contributed by atoms with Gasteiger partial charge in [-0.25, -0.2) is 0 Å². The van der Waals surface area contributed by atoms with Crippen molar-refractivity contribution < 1.29 is 26.3 Å². The number of rotatable bonds is 18. The summed E-state index contributed by atoms with van der Waals surface area (Å²) in [7, 11) is 0. The fourth-order valence-electron chi connectivity index (χ4n) is 3.67. The summed E-state index contributed by atoms with van der Waals surface area (Å²) < 4.78 is 1.19. The van der Waals surface area contributed by atoms with Crippen molar-refractivity contribution in [1.29, 1.82) is 0 Å². The average Bonchev–Trinajstić information content (AvgIpc) is 2.64. The molecule has 0 unspecified atom stereocenters. The number of carbonyl (C=O) groups excluding carboxylic acids is 1. The number of halogens is 1. The Morgan fingerprint density at radius 3 is 1.67 bits per heavy atom. The van der Waals surface area contributed by atoms with Gasteiger partial charge < -0.3 is 26.8 Å². The molecule has 0 aliphatic heterocycles. The van der Waals surface area contributed by atoms with Crippen LogP contribution in [-0.4, -0.2) is 43.1 Å². The summed E-state index contributed by atoms with van der Waals surface area (Å²) in [5.74, 6) is -0.00853. The van der Waals surface area contributed by atoms with Gasteiger partial charge in [-0.15, -0.1) is 0 Å². The van der Waals surface area contributed by atoms with E-state index in [2.05, 4.69) is 32.7 Å². The predicted octanol–water partition coefficient (Wildman–Crippen LogP) is 2.85. The lowest BCUT2D eigenvalue weighted by atomic mass is 10.1. The minimum Gasteiger partial charge on any atom is -1.00 e. The van der Waals surface area contributed by atoms with Crippen LogP contribution in [0.1, 0.15) is 98.3 Å². The van der Waals surface area contributed by atoms with Gasteiger partial charge in [0, 0.05) is 18.5 Å². The smallest absolute Gasteiger partial charge is 0.246 e. The fraction of sp³-hybridized carbons (Fsp3) is 0.870. The maximum atomic E-state index is 11.6. The minimum atomic E-state index is -0.00853. The standard InChI is InChI=1S/C23H46N2O.BrH/c1-6-9-10-11-12-13-14-15-16-17-20-25(7-2,8-3)21-18-19-24-23(26)22(4)5;/h4,6-21H2,1-3,5H3;1H. The first-order valence-electron chi connectivity index (χ1n) is 11.3. The molecule has 0 heterocycles. The molecule has 4 heteroatoms. The summed E-state index contributed by atoms with van der Waals surface area (Å²) in [5.41, 5.74) is 0.599. The van der Waals surface area contributed by atoms with Crippen LogP contribution in [0.2, 0.25) is 0 Å². The fourth-order valence-corrected chi connectivity index (χ4v) is 3.67. The molecule has 0 aromatic carbocycles. The van der Waals surface area contributed by atoms with Crippen molar-refractivity contribution in [1.82, 2.24) is 5.32 Å². The topological polar surface area (TPSA) is 29.1 Å². The molecule has 0 radical (unpaired) electrons. The summed E-state index contributed by atoms with van der Waals surface area (Å²) in [6.45, 7) is 18.0. The Morgan fingerprint density at radius 2 is 1.22 bits per heavy atom. The average molecular weight is 448 g/mol. The van der Waals surface area contributed by atoms with E-state index in [1.54, 1.807) is 6.92 Å². The molecule has 0 bridgehead atoms. The zero-order valence-electron chi connectivity index (χ0n) is 18.8. The second-order valence-corrected chi connectivity index (χ2v) is 7.99. The van der Waals surface area contributed by atoms with Crippen molar-refractivity contribution >= 4 is 5.91 Å². The van der Waals surface area contributed by atoms with Crippen molar-refractivity contribution in [3.63, 3.8) is 0 Å². The van der Waals surface area contributed by atoms with Crippen molar-refractivity contribution in [2.45, 2.75) is 98.3 Å². The zero-order chi connectivity index (χ0) is 19.7. The third kappa shape index (κ3) is 15.3. The molecule has 0 fully saturated rings. The summed E-state index contributed by atoms with van der Waals surface area (Å²) in [5, 5.41) is 2.96. The number of amides is 1. The highest BCUT2D eigenvalue weighted by molar-refractivity contribution is 5.91. The Bertz CT molecular complexity index is 367. The Kier molecular flexibility index (Phi) is 20.3. The van der Waals surface area contributed by atoms with Gasteiger partial charge >= 0.3 is 0 Å². The van der Waals surface area contributed by atoms with Crippen LogP contribution in [0.5, 0.6) is 0 Å². The molecule has 0 spiro atoms. The number of hydrogen-bond acceptors (Lipinski definition) is 1. The molecule has 0 aliphatic rings. The highest BCUT2D eigenvalue weighted by Crippen LogP contribution is 2.14. The quantitative estimate of drug-likeness (QED) is 0.195. The highest BCUT2D eigenvalue weighted by atomic mass is 79.9. The number of hydrogen-bond donors (Lipinski definition) is 1. The summed E-state index contributed by atoms with van der Waals surface area (Å²) >= 11 is 0. The molecule has 1 amide bonds. The molecular weight excluding hydrogens is 400 g/mol. The molecule has 3 nitrogen and oxygen atoms in total. The van der Waals surface area contributed by atoms with Crippen LogP contribution in [0, 0.1) is 0 Å². The number of nitrogens with zero attached hydrogens (tertiary/aromatic N) is 1. The van der Waals surface area contributed by atoms with Gasteiger partial charge in [0.05, 0.1) is 26.2 Å². The molecule has 0 saturated heterocycles. The van der Waals surface area contributed by atoms with Crippen LogP contribution >= 0.6 is 0 Å². The maximum Gasteiger partial charge on any atom is 0.246 e. The van der Waals surface area contributed by atoms with Gasteiger partial charge in [0.2, 0.25) is 5.91 Å². The molecule has 0 aliphatic carbocycles. The molecule has 0 saturated carbocycles. The Balaban J connectivity index is 0. The lowest BCUT2D eigenvalue weighted by molar-refractivity contribution is -0.925. The van der Waals surface area contributed by atoms with E-state index in [-0.39, 0.29) is 22.9 Å². The molecule has 0 atom stereocenters. The van der Waals surface area contributed by atoms with E-state index in [9.17, 15) is 4.79 Å². The van der Waals surface area contributed by atoms with Crippen LogP contribution in [0.3, 0.4) is 0 Å². The van der Waals surface area contributed by atoms with E-state index in [1.807, 2.05) is 0 Å². The van der Waals surface area contributed by atoms with E-state index >= 15 is 0 Å². The highest BCUT2D eigenvalue weighted by Gasteiger charge is 2.21. The number of carbonyl (C=O) groups is 1. The zero-order valence-corrected chi connectivity index (χ0v) is 20.3. The van der Waals surface area contributed by atoms with E-state index < -0.39 is 0 Å².